The summed E-state index contributed by atoms with van der Waals surface area (Å²) in [4.78, 5) is 14.7. The van der Waals surface area contributed by atoms with Gasteiger partial charge in [0.25, 0.3) is 5.91 Å². The van der Waals surface area contributed by atoms with Crippen LogP contribution in [-0.2, 0) is 6.42 Å². The Balaban J connectivity index is 1.41. The maximum atomic E-state index is 13.8. The van der Waals surface area contributed by atoms with E-state index in [0.29, 0.717) is 30.1 Å². The Morgan fingerprint density at radius 3 is 3.00 bits per heavy atom. The van der Waals surface area contributed by atoms with Crippen LogP contribution in [0.2, 0.25) is 0 Å². The first-order chi connectivity index (χ1) is 12.7. The van der Waals surface area contributed by atoms with Gasteiger partial charge in [-0.1, -0.05) is 18.2 Å². The minimum atomic E-state index is -0.147. The van der Waals surface area contributed by atoms with E-state index in [1.807, 2.05) is 17.0 Å². The fraction of sp³-hybridized carbons (Fsp3) is 0.368. The number of hydrogen-bond acceptors (Lipinski definition) is 4. The number of carbonyl (C=O) groups excluding carboxylic acids is 1. The molecule has 1 saturated heterocycles. The highest BCUT2D eigenvalue weighted by molar-refractivity contribution is 5.94. The van der Waals surface area contributed by atoms with Crippen molar-refractivity contribution in [2.24, 2.45) is 5.92 Å². The Bertz CT molecular complexity index is 925. The van der Waals surface area contributed by atoms with Crippen molar-refractivity contribution in [3.8, 4) is 0 Å². The number of halogens is 1. The normalized spacial score (nSPS) is 17.6. The predicted octanol–water partition coefficient (Wildman–Crippen LogP) is 2.75. The molecule has 0 radical (unpaired) electrons. The van der Waals surface area contributed by atoms with E-state index in [1.54, 1.807) is 24.4 Å². The van der Waals surface area contributed by atoms with Gasteiger partial charge in [-0.05, 0) is 65.8 Å². The number of aryl methyl sites for hydroxylation is 1. The third-order valence-electron chi connectivity index (χ3n) is 5.02. The Labute approximate surface area is 150 Å². The lowest BCUT2D eigenvalue weighted by Gasteiger charge is -2.33. The van der Waals surface area contributed by atoms with E-state index in [9.17, 15) is 9.18 Å². The number of hydrogen-bond donors (Lipinski definition) is 0. The third kappa shape index (κ3) is 3.42. The van der Waals surface area contributed by atoms with Gasteiger partial charge in [0.05, 0.1) is 5.56 Å². The van der Waals surface area contributed by atoms with Crippen LogP contribution in [0.25, 0.3) is 5.65 Å². The minimum Gasteiger partial charge on any atom is -0.338 e. The van der Waals surface area contributed by atoms with E-state index < -0.39 is 0 Å². The zero-order chi connectivity index (χ0) is 17.9. The number of nitrogens with zero attached hydrogens (tertiary/aromatic N) is 5. The highest BCUT2D eigenvalue weighted by atomic mass is 19.1. The number of carbonyl (C=O) groups is 1. The highest BCUT2D eigenvalue weighted by Crippen LogP contribution is 2.23. The summed E-state index contributed by atoms with van der Waals surface area (Å²) in [6, 6.07) is 10.4. The number of benzene rings is 1. The van der Waals surface area contributed by atoms with Crippen molar-refractivity contribution < 1.29 is 9.18 Å². The molecule has 0 bridgehead atoms. The summed E-state index contributed by atoms with van der Waals surface area (Å²) in [7, 11) is 0. The lowest BCUT2D eigenvalue weighted by Crippen LogP contribution is -2.40. The molecule has 1 aliphatic heterocycles. The zero-order valence-electron chi connectivity index (χ0n) is 14.4. The molecular formula is C19H20FN5O. The number of tetrazole rings is 1. The van der Waals surface area contributed by atoms with Crippen molar-refractivity contribution in [2.75, 3.05) is 13.1 Å². The number of likely N-dealkylation sites (tertiary alicyclic amines) is 1. The number of pyridine rings is 1. The second-order valence-corrected chi connectivity index (χ2v) is 6.79. The standard InChI is InChI=1S/C19H20FN5O/c20-17-6-2-1-5-15(17)8-7-14-4-3-11-24(12-14)19(26)16-9-10-18-21-22-23-25(18)13-16/h1-2,5-6,9-10,13-14H,3-4,7-8,11-12H2/t14-/m1/s1. The molecule has 3 aromatic rings. The summed E-state index contributed by atoms with van der Waals surface area (Å²) < 4.78 is 15.3. The fourth-order valence-electron chi connectivity index (χ4n) is 3.60. The molecule has 1 fully saturated rings. The maximum Gasteiger partial charge on any atom is 0.255 e. The van der Waals surface area contributed by atoms with Crippen molar-refractivity contribution in [3.63, 3.8) is 0 Å². The Morgan fingerprint density at radius 1 is 1.23 bits per heavy atom. The zero-order valence-corrected chi connectivity index (χ0v) is 14.4. The molecule has 0 spiro atoms. The van der Waals surface area contributed by atoms with Crippen LogP contribution in [0.4, 0.5) is 4.39 Å². The SMILES string of the molecule is O=C(c1ccc2nnnn2c1)N1CCC[C@H](CCc2ccccc2F)C1. The van der Waals surface area contributed by atoms with E-state index in [0.717, 1.165) is 31.4 Å². The summed E-state index contributed by atoms with van der Waals surface area (Å²) in [6.07, 6.45) is 5.30. The number of piperidine rings is 1. The van der Waals surface area contributed by atoms with Crippen LogP contribution in [0.1, 0.15) is 35.2 Å². The summed E-state index contributed by atoms with van der Waals surface area (Å²) in [5, 5.41) is 11.3. The van der Waals surface area contributed by atoms with Crippen molar-refractivity contribution in [1.82, 2.24) is 24.9 Å². The van der Waals surface area contributed by atoms with Crippen LogP contribution >= 0.6 is 0 Å². The molecule has 1 amide bonds. The monoisotopic (exact) mass is 353 g/mol. The Morgan fingerprint density at radius 2 is 2.12 bits per heavy atom. The summed E-state index contributed by atoms with van der Waals surface area (Å²) in [6.45, 7) is 1.46. The molecule has 134 valence electrons. The quantitative estimate of drug-likeness (QED) is 0.723. The average molecular weight is 353 g/mol. The van der Waals surface area contributed by atoms with Gasteiger partial charge < -0.3 is 4.90 Å². The highest BCUT2D eigenvalue weighted by Gasteiger charge is 2.25. The minimum absolute atomic E-state index is 0.00186. The van der Waals surface area contributed by atoms with Gasteiger partial charge in [0.2, 0.25) is 0 Å². The van der Waals surface area contributed by atoms with Gasteiger partial charge in [-0.25, -0.2) is 4.39 Å². The molecule has 0 N–H and O–H groups in total. The van der Waals surface area contributed by atoms with E-state index in [-0.39, 0.29) is 11.7 Å². The van der Waals surface area contributed by atoms with Crippen molar-refractivity contribution in [1.29, 1.82) is 0 Å². The van der Waals surface area contributed by atoms with Crippen molar-refractivity contribution in [3.05, 3.63) is 59.5 Å². The number of amides is 1. The van der Waals surface area contributed by atoms with Crippen LogP contribution in [0.5, 0.6) is 0 Å². The molecule has 0 aliphatic carbocycles. The Kier molecular flexibility index (Phi) is 4.60. The van der Waals surface area contributed by atoms with E-state index in [1.165, 1.54) is 10.6 Å². The molecular weight excluding hydrogens is 333 g/mol. The van der Waals surface area contributed by atoms with Crippen LogP contribution in [0.3, 0.4) is 0 Å². The summed E-state index contributed by atoms with van der Waals surface area (Å²) >= 11 is 0. The lowest BCUT2D eigenvalue weighted by molar-refractivity contribution is 0.0667. The number of fused-ring (bicyclic) bond motifs is 1. The van der Waals surface area contributed by atoms with Gasteiger partial charge in [0.1, 0.15) is 5.82 Å². The number of rotatable bonds is 4. The first-order valence-electron chi connectivity index (χ1n) is 8.91. The molecule has 6 nitrogen and oxygen atoms in total. The van der Waals surface area contributed by atoms with Crippen LogP contribution < -0.4 is 0 Å². The van der Waals surface area contributed by atoms with Crippen LogP contribution in [0, 0.1) is 11.7 Å². The molecule has 26 heavy (non-hydrogen) atoms. The first kappa shape index (κ1) is 16.6. The fourth-order valence-corrected chi connectivity index (χ4v) is 3.60. The lowest BCUT2D eigenvalue weighted by atomic mass is 9.91. The summed E-state index contributed by atoms with van der Waals surface area (Å²) in [5.41, 5.74) is 1.95. The van der Waals surface area contributed by atoms with Gasteiger partial charge in [-0.3, -0.25) is 4.79 Å². The predicted molar refractivity (Wildman–Crippen MR) is 94.1 cm³/mol. The first-order valence-corrected chi connectivity index (χ1v) is 8.91. The smallest absolute Gasteiger partial charge is 0.255 e. The molecule has 1 aliphatic rings. The maximum absolute atomic E-state index is 13.8. The van der Waals surface area contributed by atoms with Crippen molar-refractivity contribution >= 4 is 11.6 Å². The molecule has 0 unspecified atom stereocenters. The molecule has 3 heterocycles. The average Bonchev–Trinajstić information content (AvgIpc) is 3.15. The van der Waals surface area contributed by atoms with Gasteiger partial charge >= 0.3 is 0 Å². The van der Waals surface area contributed by atoms with Gasteiger partial charge in [0, 0.05) is 19.3 Å². The Hall–Kier alpha value is -2.83. The van der Waals surface area contributed by atoms with E-state index >= 15 is 0 Å². The molecule has 2 aromatic heterocycles. The van der Waals surface area contributed by atoms with Gasteiger partial charge in [-0.2, -0.15) is 4.52 Å². The molecule has 1 aromatic carbocycles. The van der Waals surface area contributed by atoms with Gasteiger partial charge in [-0.15, -0.1) is 5.10 Å². The second-order valence-electron chi connectivity index (χ2n) is 6.79. The molecule has 4 rings (SSSR count). The summed E-state index contributed by atoms with van der Waals surface area (Å²) in [5.74, 6) is 0.244. The molecule has 1 atom stereocenters. The molecule has 0 saturated carbocycles. The third-order valence-corrected chi connectivity index (χ3v) is 5.02. The van der Waals surface area contributed by atoms with E-state index in [2.05, 4.69) is 15.5 Å². The topological polar surface area (TPSA) is 63.4 Å². The van der Waals surface area contributed by atoms with Crippen LogP contribution in [-0.4, -0.2) is 43.9 Å². The molecule has 7 heteroatoms. The van der Waals surface area contributed by atoms with E-state index in [4.69, 9.17) is 0 Å². The second kappa shape index (κ2) is 7.19. The van der Waals surface area contributed by atoms with Gasteiger partial charge in [0.15, 0.2) is 5.65 Å². The van der Waals surface area contributed by atoms with Crippen molar-refractivity contribution in [2.45, 2.75) is 25.7 Å². The largest absolute Gasteiger partial charge is 0.338 e. The van der Waals surface area contributed by atoms with Crippen LogP contribution in [0.15, 0.2) is 42.6 Å². The number of aromatic nitrogens is 4.